The highest BCUT2D eigenvalue weighted by atomic mass is 32.2. The zero-order valence-electron chi connectivity index (χ0n) is 14.0. The smallest absolute Gasteiger partial charge is 0.309 e. The van der Waals surface area contributed by atoms with E-state index < -0.39 is 26.9 Å². The van der Waals surface area contributed by atoms with Gasteiger partial charge in [0.15, 0.2) is 9.84 Å². The van der Waals surface area contributed by atoms with E-state index in [1.807, 2.05) is 0 Å². The molecule has 10 heteroatoms. The second-order valence-electron chi connectivity index (χ2n) is 5.45. The van der Waals surface area contributed by atoms with Crippen molar-refractivity contribution in [3.8, 4) is 0 Å². The Balaban J connectivity index is 1.66. The summed E-state index contributed by atoms with van der Waals surface area (Å²) in [5, 5.41) is 7.33. The third kappa shape index (κ3) is 4.65. The van der Waals surface area contributed by atoms with Crippen molar-refractivity contribution in [2.45, 2.75) is 16.0 Å². The molecule has 0 saturated heterocycles. The predicted octanol–water partition coefficient (Wildman–Crippen LogP) is 2.35. The highest BCUT2D eigenvalue weighted by Crippen LogP contribution is 2.33. The monoisotopic (exact) mass is 424 g/mol. The first kappa shape index (κ1) is 19.3. The largest absolute Gasteiger partial charge is 0.467 e. The number of carbonyl (C=O) groups excluding carboxylic acids is 2. The molecule has 0 bridgehead atoms. The Morgan fingerprint density at radius 3 is 2.37 bits per heavy atom. The summed E-state index contributed by atoms with van der Waals surface area (Å²) in [7, 11) is -3.68. The van der Waals surface area contributed by atoms with Gasteiger partial charge in [0.1, 0.15) is 15.2 Å². The lowest BCUT2D eigenvalue weighted by Gasteiger charge is -2.16. The summed E-state index contributed by atoms with van der Waals surface area (Å²) in [4.78, 5) is 24.6. The van der Waals surface area contributed by atoms with Crippen LogP contribution in [-0.2, 0) is 26.0 Å². The fourth-order valence-electron chi connectivity index (χ4n) is 2.33. The van der Waals surface area contributed by atoms with Gasteiger partial charge in [-0.1, -0.05) is 12.1 Å². The summed E-state index contributed by atoms with van der Waals surface area (Å²) < 4.78 is 31.1. The molecule has 0 aliphatic carbocycles. The molecule has 3 aromatic heterocycles. The van der Waals surface area contributed by atoms with Crippen LogP contribution < -0.4 is 10.6 Å². The molecule has 3 rings (SSSR count). The first-order valence-corrected chi connectivity index (χ1v) is 11.2. The van der Waals surface area contributed by atoms with E-state index in [2.05, 4.69) is 10.6 Å². The number of carbonyl (C=O) groups is 2. The molecule has 0 aliphatic rings. The lowest BCUT2D eigenvalue weighted by Crippen LogP contribution is -2.41. The molecule has 0 radical (unpaired) electrons. The second kappa shape index (κ2) is 8.51. The van der Waals surface area contributed by atoms with Crippen LogP contribution in [0.1, 0.15) is 15.9 Å². The van der Waals surface area contributed by atoms with Crippen molar-refractivity contribution in [3.63, 3.8) is 0 Å². The van der Waals surface area contributed by atoms with E-state index in [0.29, 0.717) is 10.6 Å². The summed E-state index contributed by atoms with van der Waals surface area (Å²) in [5.74, 6) is -1.25. The Morgan fingerprint density at radius 2 is 1.74 bits per heavy atom. The zero-order valence-corrected chi connectivity index (χ0v) is 16.4. The molecule has 3 aromatic rings. The van der Waals surface area contributed by atoms with Crippen LogP contribution in [0.25, 0.3) is 0 Å². The van der Waals surface area contributed by atoms with Crippen molar-refractivity contribution >= 4 is 44.3 Å². The maximum Gasteiger partial charge on any atom is 0.309 e. The molecule has 27 heavy (non-hydrogen) atoms. The molecular weight excluding hydrogens is 408 g/mol. The molecule has 1 atom stereocenters. The van der Waals surface area contributed by atoms with E-state index in [0.717, 1.165) is 11.3 Å². The standard InChI is InChI=1S/C17H16N2O5S3/c20-16(18-10-12-4-1-7-24-12)17(21)19-11-14(13-5-2-8-25-13)27(22,23)15-6-3-9-26-15/h1-9,14H,10-11H2,(H,18,20)(H,19,21). The number of hydrogen-bond donors (Lipinski definition) is 2. The molecule has 2 amide bonds. The van der Waals surface area contributed by atoms with Crippen molar-refractivity contribution in [2.75, 3.05) is 6.54 Å². The summed E-state index contributed by atoms with van der Waals surface area (Å²) >= 11 is 2.40. The van der Waals surface area contributed by atoms with Crippen LogP contribution in [0.3, 0.4) is 0 Å². The average molecular weight is 425 g/mol. The lowest BCUT2D eigenvalue weighted by molar-refractivity contribution is -0.139. The summed E-state index contributed by atoms with van der Waals surface area (Å²) in [5.41, 5.74) is 0. The fourth-order valence-corrected chi connectivity index (χ4v) is 6.32. The number of sulfone groups is 1. The van der Waals surface area contributed by atoms with Gasteiger partial charge in [-0.3, -0.25) is 9.59 Å². The Kier molecular flexibility index (Phi) is 6.09. The normalized spacial score (nSPS) is 12.4. The molecule has 0 fully saturated rings. The first-order chi connectivity index (χ1) is 13.0. The maximum atomic E-state index is 12.9. The minimum absolute atomic E-state index is 0.0705. The molecule has 3 heterocycles. The van der Waals surface area contributed by atoms with Crippen LogP contribution >= 0.6 is 22.7 Å². The van der Waals surface area contributed by atoms with Gasteiger partial charge >= 0.3 is 11.8 Å². The van der Waals surface area contributed by atoms with Gasteiger partial charge in [0.25, 0.3) is 0 Å². The van der Waals surface area contributed by atoms with Crippen molar-refractivity contribution in [3.05, 3.63) is 64.1 Å². The number of amides is 2. The predicted molar refractivity (Wildman–Crippen MR) is 102 cm³/mol. The maximum absolute atomic E-state index is 12.9. The molecule has 1 unspecified atom stereocenters. The quantitative estimate of drug-likeness (QED) is 0.567. The number of rotatable bonds is 7. The fraction of sp³-hybridized carbons (Fsp3) is 0.176. The van der Waals surface area contributed by atoms with Crippen LogP contribution in [0, 0.1) is 0 Å². The molecule has 0 aromatic carbocycles. The van der Waals surface area contributed by atoms with Crippen molar-refractivity contribution in [1.29, 1.82) is 0 Å². The SMILES string of the molecule is O=C(NCc1ccco1)C(=O)NCC(c1cccs1)S(=O)(=O)c1cccs1. The Labute approximate surface area is 163 Å². The van der Waals surface area contributed by atoms with E-state index in [-0.39, 0.29) is 17.3 Å². The van der Waals surface area contributed by atoms with E-state index >= 15 is 0 Å². The zero-order chi connectivity index (χ0) is 19.3. The van der Waals surface area contributed by atoms with E-state index in [1.165, 1.54) is 23.7 Å². The molecule has 0 aliphatic heterocycles. The Hall–Kier alpha value is -2.43. The number of thiophene rings is 2. The van der Waals surface area contributed by atoms with Crippen molar-refractivity contribution in [2.24, 2.45) is 0 Å². The Bertz CT molecular complexity index is 978. The molecular formula is C17H16N2O5S3. The third-order valence-corrected chi connectivity index (χ3v) is 8.32. The van der Waals surface area contributed by atoms with Gasteiger partial charge in [0.05, 0.1) is 12.8 Å². The average Bonchev–Trinajstić information content (AvgIpc) is 3.42. The van der Waals surface area contributed by atoms with Crippen LogP contribution in [0.4, 0.5) is 0 Å². The van der Waals surface area contributed by atoms with Gasteiger partial charge in [-0.15, -0.1) is 22.7 Å². The van der Waals surface area contributed by atoms with Gasteiger partial charge in [-0.05, 0) is 35.0 Å². The van der Waals surface area contributed by atoms with Crippen LogP contribution in [0.5, 0.6) is 0 Å². The molecule has 7 nitrogen and oxygen atoms in total. The minimum Gasteiger partial charge on any atom is -0.467 e. The summed E-state index contributed by atoms with van der Waals surface area (Å²) in [6.07, 6.45) is 1.46. The van der Waals surface area contributed by atoms with Crippen LogP contribution in [0.15, 0.2) is 62.0 Å². The van der Waals surface area contributed by atoms with Gasteiger partial charge in [0.2, 0.25) is 0 Å². The van der Waals surface area contributed by atoms with Crippen molar-refractivity contribution < 1.29 is 22.4 Å². The Morgan fingerprint density at radius 1 is 1.00 bits per heavy atom. The molecule has 0 spiro atoms. The molecule has 2 N–H and O–H groups in total. The highest BCUT2D eigenvalue weighted by molar-refractivity contribution is 7.93. The van der Waals surface area contributed by atoms with Gasteiger partial charge in [-0.25, -0.2) is 8.42 Å². The van der Waals surface area contributed by atoms with E-state index in [4.69, 9.17) is 4.42 Å². The summed E-state index contributed by atoms with van der Waals surface area (Å²) in [6, 6.07) is 9.96. The number of nitrogens with one attached hydrogen (secondary N) is 2. The van der Waals surface area contributed by atoms with Gasteiger partial charge in [-0.2, -0.15) is 0 Å². The van der Waals surface area contributed by atoms with Crippen LogP contribution in [0.2, 0.25) is 0 Å². The third-order valence-electron chi connectivity index (χ3n) is 3.67. The lowest BCUT2D eigenvalue weighted by atomic mass is 10.3. The molecule has 0 saturated carbocycles. The summed E-state index contributed by atoms with van der Waals surface area (Å²) in [6.45, 7) is -0.130. The second-order valence-corrected chi connectivity index (χ2v) is 9.74. The molecule has 142 valence electrons. The topological polar surface area (TPSA) is 105 Å². The van der Waals surface area contributed by atoms with Crippen molar-refractivity contribution in [1.82, 2.24) is 10.6 Å². The van der Waals surface area contributed by atoms with E-state index in [1.54, 1.807) is 41.1 Å². The van der Waals surface area contributed by atoms with E-state index in [9.17, 15) is 18.0 Å². The van der Waals surface area contributed by atoms with Crippen LogP contribution in [-0.4, -0.2) is 26.8 Å². The minimum atomic E-state index is -3.68. The highest BCUT2D eigenvalue weighted by Gasteiger charge is 2.31. The van der Waals surface area contributed by atoms with Gasteiger partial charge < -0.3 is 15.1 Å². The number of hydrogen-bond acceptors (Lipinski definition) is 7. The first-order valence-electron chi connectivity index (χ1n) is 7.87. The van der Waals surface area contributed by atoms with Gasteiger partial charge in [0, 0.05) is 11.4 Å². The number of furan rings is 1.